The van der Waals surface area contributed by atoms with Gasteiger partial charge in [0.05, 0.1) is 24.6 Å². The zero-order valence-corrected chi connectivity index (χ0v) is 15.8. The summed E-state index contributed by atoms with van der Waals surface area (Å²) in [7, 11) is -0.527. The topological polar surface area (TPSA) is 0 Å². The van der Waals surface area contributed by atoms with E-state index in [-0.39, 0.29) is 0 Å². The van der Waals surface area contributed by atoms with Crippen LogP contribution in [-0.4, -0.2) is 24.6 Å². The third-order valence-electron chi connectivity index (χ3n) is 4.13. The van der Waals surface area contributed by atoms with E-state index in [1.165, 1.54) is 57.5 Å². The van der Waals surface area contributed by atoms with E-state index in [0.29, 0.717) is 0 Å². The Labute approximate surface area is 125 Å². The third kappa shape index (κ3) is 13.2. The Morgan fingerprint density at radius 3 is 0.947 bits per heavy atom. The molecule has 0 amide bonds. The van der Waals surface area contributed by atoms with Gasteiger partial charge in [0.2, 0.25) is 0 Å². The molecule has 0 saturated heterocycles. The Hall–Kier alpha value is 0.430. The molecule has 0 aromatic heterocycles. The second kappa shape index (κ2) is 16.5. The number of hydrogen-bond acceptors (Lipinski definition) is 0. The predicted molar refractivity (Wildman–Crippen MR) is 97.4 cm³/mol. The molecule has 0 aromatic carbocycles. The van der Waals surface area contributed by atoms with Crippen molar-refractivity contribution in [2.24, 2.45) is 0 Å². The van der Waals surface area contributed by atoms with E-state index in [9.17, 15) is 0 Å². The van der Waals surface area contributed by atoms with Crippen LogP contribution in [0.5, 0.6) is 0 Å². The molecule has 0 saturated carbocycles. The fourth-order valence-corrected chi connectivity index (χ4v) is 6.87. The van der Waals surface area contributed by atoms with Crippen LogP contribution < -0.4 is 0 Å². The highest BCUT2D eigenvalue weighted by Crippen LogP contribution is 2.60. The first kappa shape index (κ1) is 21.7. The quantitative estimate of drug-likeness (QED) is 0.352. The van der Waals surface area contributed by atoms with Gasteiger partial charge in [-0.1, -0.05) is 66.7 Å². The highest BCUT2D eigenvalue weighted by molar-refractivity contribution is 7.75. The summed E-state index contributed by atoms with van der Waals surface area (Å²) in [4.78, 5) is 0. The summed E-state index contributed by atoms with van der Waals surface area (Å²) in [5, 5.41) is 0. The third-order valence-corrected chi connectivity index (χ3v) is 9.27. The van der Waals surface area contributed by atoms with Crippen LogP contribution in [0, 0.1) is 0 Å². The Kier molecular flexibility index (Phi) is 18.8. The molecule has 0 N–H and O–H groups in total. The Bertz CT molecular complexity index is 130. The maximum Gasteiger partial charge on any atom is 0.0594 e. The number of rotatable bonds is 11. The predicted octanol–water partition coefficient (Wildman–Crippen LogP) is 7.23. The molecule has 0 spiro atoms. The lowest BCUT2D eigenvalue weighted by Crippen LogP contribution is -2.11. The fraction of sp³-hybridized carbons (Fsp3) is 1.00. The maximum atomic E-state index is 2.45. The monoisotopic (exact) mass is 289 g/mol. The summed E-state index contributed by atoms with van der Waals surface area (Å²) >= 11 is 0. The molecule has 0 aliphatic rings. The van der Waals surface area contributed by atoms with E-state index >= 15 is 0 Å². The average Bonchev–Trinajstić information content (AvgIpc) is 2.47. The van der Waals surface area contributed by atoms with Crippen molar-refractivity contribution in [2.45, 2.75) is 92.9 Å². The molecule has 118 valence electrons. The zero-order chi connectivity index (χ0) is 15.0. The highest BCUT2D eigenvalue weighted by atomic mass is 31.2. The van der Waals surface area contributed by atoms with Gasteiger partial charge in [-0.25, -0.2) is 0 Å². The molecule has 0 aromatic rings. The minimum atomic E-state index is -0.527. The van der Waals surface area contributed by atoms with Crippen molar-refractivity contribution < 1.29 is 0 Å². The van der Waals surface area contributed by atoms with E-state index in [1.54, 1.807) is 18.5 Å². The molecular weight excluding hydrogens is 247 g/mol. The van der Waals surface area contributed by atoms with Crippen LogP contribution in [0.4, 0.5) is 0 Å². The molecule has 1 heteroatoms. The Balaban J connectivity index is 0. The van der Waals surface area contributed by atoms with Crippen LogP contribution in [0.25, 0.3) is 0 Å². The van der Waals surface area contributed by atoms with Crippen LogP contribution >= 0.6 is 7.26 Å². The lowest BCUT2D eigenvalue weighted by Gasteiger charge is -2.26. The lowest BCUT2D eigenvalue weighted by atomic mass is 10.4. The van der Waals surface area contributed by atoms with Crippen molar-refractivity contribution in [3.05, 3.63) is 0 Å². The first-order valence-electron chi connectivity index (χ1n) is 9.01. The molecule has 0 radical (unpaired) electrons. The molecule has 0 unspecified atom stereocenters. The second-order valence-corrected chi connectivity index (χ2v) is 10.5. The van der Waals surface area contributed by atoms with Gasteiger partial charge < -0.3 is 0 Å². The molecule has 0 bridgehead atoms. The van der Waals surface area contributed by atoms with Gasteiger partial charge in [-0.3, -0.25) is 0 Å². The molecule has 0 aliphatic carbocycles. The minimum absolute atomic E-state index is 0.527. The van der Waals surface area contributed by atoms with E-state index in [0.717, 1.165) is 0 Å². The Morgan fingerprint density at radius 1 is 0.474 bits per heavy atom. The summed E-state index contributed by atoms with van der Waals surface area (Å²) < 4.78 is 0. The standard InChI is InChI=1S/C14H32P.C4H10/c1-5-9-12-15(8-4,13-10-6-2)14-11-7-3;1-3-4-2/h5-14H2,1-4H3;3-4H2,1-2H3/q+1;. The van der Waals surface area contributed by atoms with Crippen LogP contribution in [0.1, 0.15) is 92.9 Å². The first-order valence-corrected chi connectivity index (χ1v) is 11.5. The molecule has 19 heavy (non-hydrogen) atoms. The molecular formula is C18H42P+. The average molecular weight is 290 g/mol. The summed E-state index contributed by atoms with van der Waals surface area (Å²) in [6.45, 7) is 13.8. The first-order chi connectivity index (χ1) is 9.16. The zero-order valence-electron chi connectivity index (χ0n) is 14.9. The van der Waals surface area contributed by atoms with Crippen molar-refractivity contribution in [1.29, 1.82) is 0 Å². The van der Waals surface area contributed by atoms with E-state index in [2.05, 4.69) is 41.5 Å². The van der Waals surface area contributed by atoms with Crippen molar-refractivity contribution in [3.8, 4) is 0 Å². The van der Waals surface area contributed by atoms with E-state index < -0.39 is 7.26 Å². The van der Waals surface area contributed by atoms with Crippen molar-refractivity contribution in [3.63, 3.8) is 0 Å². The minimum Gasteiger partial charge on any atom is -0.0654 e. The smallest absolute Gasteiger partial charge is 0.0594 e. The molecule has 0 heterocycles. The van der Waals surface area contributed by atoms with Crippen LogP contribution in [0.3, 0.4) is 0 Å². The van der Waals surface area contributed by atoms with Gasteiger partial charge in [-0.2, -0.15) is 0 Å². The summed E-state index contributed by atoms with van der Waals surface area (Å²) in [6, 6.07) is 0. The van der Waals surface area contributed by atoms with Crippen molar-refractivity contribution in [2.75, 3.05) is 24.6 Å². The van der Waals surface area contributed by atoms with Crippen molar-refractivity contribution >= 4 is 7.26 Å². The molecule has 0 aliphatic heterocycles. The largest absolute Gasteiger partial charge is 0.0654 e. The second-order valence-electron chi connectivity index (χ2n) is 5.89. The lowest BCUT2D eigenvalue weighted by molar-refractivity contribution is 0.834. The summed E-state index contributed by atoms with van der Waals surface area (Å²) in [6.07, 6.45) is 17.5. The van der Waals surface area contributed by atoms with Gasteiger partial charge in [0.1, 0.15) is 0 Å². The normalized spacial score (nSPS) is 11.1. The van der Waals surface area contributed by atoms with Crippen LogP contribution in [-0.2, 0) is 0 Å². The van der Waals surface area contributed by atoms with E-state index in [1.807, 2.05) is 0 Å². The van der Waals surface area contributed by atoms with Gasteiger partial charge in [-0.15, -0.1) is 0 Å². The van der Waals surface area contributed by atoms with Gasteiger partial charge in [0, 0.05) is 7.26 Å². The maximum absolute atomic E-state index is 2.45. The molecule has 0 rings (SSSR count). The van der Waals surface area contributed by atoms with Gasteiger partial charge in [0.25, 0.3) is 0 Å². The number of unbranched alkanes of at least 4 members (excludes halogenated alkanes) is 4. The van der Waals surface area contributed by atoms with Gasteiger partial charge in [0.15, 0.2) is 0 Å². The highest BCUT2D eigenvalue weighted by Gasteiger charge is 2.32. The van der Waals surface area contributed by atoms with Gasteiger partial charge >= 0.3 is 0 Å². The van der Waals surface area contributed by atoms with Gasteiger partial charge in [-0.05, 0) is 26.2 Å². The van der Waals surface area contributed by atoms with Crippen LogP contribution in [0.2, 0.25) is 0 Å². The Morgan fingerprint density at radius 2 is 0.789 bits per heavy atom. The summed E-state index contributed by atoms with van der Waals surface area (Å²) in [5.41, 5.74) is 0. The summed E-state index contributed by atoms with van der Waals surface area (Å²) in [5.74, 6) is 0. The van der Waals surface area contributed by atoms with E-state index in [4.69, 9.17) is 0 Å². The molecule has 0 nitrogen and oxygen atoms in total. The fourth-order valence-electron chi connectivity index (χ4n) is 2.29. The van der Waals surface area contributed by atoms with Crippen molar-refractivity contribution in [1.82, 2.24) is 0 Å². The SMILES string of the molecule is CCCC.CCCC[P+](CC)(CCCC)CCCC. The molecule has 0 atom stereocenters. The van der Waals surface area contributed by atoms with Crippen LogP contribution in [0.15, 0.2) is 0 Å². The number of hydrogen-bond donors (Lipinski definition) is 0. The molecule has 0 fully saturated rings.